The molecule has 0 atom stereocenters. The maximum absolute atomic E-state index is 12.7. The average Bonchev–Trinajstić information content (AvgIpc) is 3.33. The van der Waals surface area contributed by atoms with E-state index in [1.165, 1.54) is 0 Å². The summed E-state index contributed by atoms with van der Waals surface area (Å²) in [6.07, 6.45) is 7.67. The molecule has 1 spiro atoms. The van der Waals surface area contributed by atoms with E-state index in [0.29, 0.717) is 37.1 Å². The van der Waals surface area contributed by atoms with Gasteiger partial charge in [-0.15, -0.1) is 0 Å². The van der Waals surface area contributed by atoms with Gasteiger partial charge in [-0.3, -0.25) is 9.78 Å². The molecule has 5 rings (SSSR count). The van der Waals surface area contributed by atoms with Gasteiger partial charge in [0.2, 0.25) is 5.91 Å². The van der Waals surface area contributed by atoms with E-state index in [-0.39, 0.29) is 17.8 Å². The number of anilines is 1. The van der Waals surface area contributed by atoms with E-state index >= 15 is 0 Å². The third kappa shape index (κ3) is 3.08. The van der Waals surface area contributed by atoms with Crippen LogP contribution in [-0.4, -0.2) is 26.6 Å². The van der Waals surface area contributed by atoms with Crippen LogP contribution in [0.15, 0.2) is 61.1 Å². The number of rotatable bonds is 3. The molecule has 1 fully saturated rings. The summed E-state index contributed by atoms with van der Waals surface area (Å²) in [4.78, 5) is 29.1. The lowest BCUT2D eigenvalue weighted by Crippen LogP contribution is -2.36. The SMILES string of the molecule is O=C1O[C@]2(CC[C@@H](C(=O)Nc3ccn(-c4ccccc4)n3)CC2)c2cnccc21. The van der Waals surface area contributed by atoms with Crippen molar-refractivity contribution < 1.29 is 14.3 Å². The van der Waals surface area contributed by atoms with Crippen LogP contribution in [0.1, 0.15) is 41.6 Å². The number of amides is 1. The van der Waals surface area contributed by atoms with Crippen LogP contribution in [0.5, 0.6) is 0 Å². The monoisotopic (exact) mass is 388 g/mol. The highest BCUT2D eigenvalue weighted by molar-refractivity contribution is 5.95. The third-order valence-corrected chi connectivity index (χ3v) is 5.85. The number of benzene rings is 1. The minimum atomic E-state index is -0.633. The smallest absolute Gasteiger partial charge is 0.339 e. The van der Waals surface area contributed by atoms with Gasteiger partial charge in [0.15, 0.2) is 5.82 Å². The van der Waals surface area contributed by atoms with Crippen molar-refractivity contribution in [3.63, 3.8) is 0 Å². The first kappa shape index (κ1) is 17.6. The maximum atomic E-state index is 12.7. The number of aromatic nitrogens is 3. The Morgan fingerprint density at radius 3 is 2.72 bits per heavy atom. The summed E-state index contributed by atoms with van der Waals surface area (Å²) < 4.78 is 7.46. The fraction of sp³-hybridized carbons (Fsp3) is 0.273. The predicted octanol–water partition coefficient (Wildman–Crippen LogP) is 3.46. The van der Waals surface area contributed by atoms with Crippen molar-refractivity contribution in [2.24, 2.45) is 5.92 Å². The number of nitrogens with zero attached hydrogens (tertiary/aromatic N) is 3. The Morgan fingerprint density at radius 2 is 1.93 bits per heavy atom. The number of carbonyl (C=O) groups excluding carboxylic acids is 2. The fourth-order valence-electron chi connectivity index (χ4n) is 4.28. The van der Waals surface area contributed by atoms with Crippen LogP contribution in [0.25, 0.3) is 5.69 Å². The van der Waals surface area contributed by atoms with Crippen molar-refractivity contribution in [2.45, 2.75) is 31.3 Å². The quantitative estimate of drug-likeness (QED) is 0.695. The second kappa shape index (κ2) is 6.84. The highest BCUT2D eigenvalue weighted by atomic mass is 16.6. The largest absolute Gasteiger partial charge is 0.450 e. The molecule has 7 heteroatoms. The van der Waals surface area contributed by atoms with Crippen molar-refractivity contribution in [1.82, 2.24) is 14.8 Å². The molecule has 1 aromatic carbocycles. The first-order valence-corrected chi connectivity index (χ1v) is 9.74. The number of fused-ring (bicyclic) bond motifs is 2. The van der Waals surface area contributed by atoms with Crippen molar-refractivity contribution >= 4 is 17.7 Å². The Kier molecular flexibility index (Phi) is 4.16. The summed E-state index contributed by atoms with van der Waals surface area (Å²) in [6, 6.07) is 13.2. The summed E-state index contributed by atoms with van der Waals surface area (Å²) in [6.45, 7) is 0. The standard InChI is InChI=1S/C22H20N4O3/c27-20(24-19-9-13-26(25-19)16-4-2-1-3-5-16)15-6-10-22(11-7-15)18-14-23-12-8-17(18)21(28)29-22/h1-5,8-9,12-15H,6-7,10-11H2,(H,24,25,27)/t15-,22+. The van der Waals surface area contributed by atoms with Crippen LogP contribution < -0.4 is 5.32 Å². The van der Waals surface area contributed by atoms with Gasteiger partial charge in [0.25, 0.3) is 0 Å². The van der Waals surface area contributed by atoms with Gasteiger partial charge in [0.05, 0.1) is 11.3 Å². The van der Waals surface area contributed by atoms with Crippen LogP contribution in [0.4, 0.5) is 5.82 Å². The Labute approximate surface area is 167 Å². The highest BCUT2D eigenvalue weighted by Crippen LogP contribution is 2.47. The topological polar surface area (TPSA) is 86.1 Å². The Bertz CT molecular complexity index is 1070. The summed E-state index contributed by atoms with van der Waals surface area (Å²) in [5, 5.41) is 7.35. The van der Waals surface area contributed by atoms with Crippen LogP contribution >= 0.6 is 0 Å². The number of pyridine rings is 1. The first-order chi connectivity index (χ1) is 14.1. The number of nitrogens with one attached hydrogen (secondary N) is 1. The molecule has 2 aromatic heterocycles. The van der Waals surface area contributed by atoms with Crippen molar-refractivity contribution in [3.8, 4) is 5.69 Å². The molecule has 7 nitrogen and oxygen atoms in total. The van der Waals surface area contributed by atoms with Gasteiger partial charge < -0.3 is 10.1 Å². The maximum Gasteiger partial charge on any atom is 0.339 e. The number of para-hydroxylation sites is 1. The molecule has 29 heavy (non-hydrogen) atoms. The first-order valence-electron chi connectivity index (χ1n) is 9.74. The molecule has 1 N–H and O–H groups in total. The zero-order chi connectivity index (χ0) is 19.8. The van der Waals surface area contributed by atoms with Gasteiger partial charge >= 0.3 is 5.97 Å². The van der Waals surface area contributed by atoms with E-state index in [1.807, 2.05) is 36.5 Å². The molecule has 0 bridgehead atoms. The van der Waals surface area contributed by atoms with E-state index in [0.717, 1.165) is 11.3 Å². The molecule has 0 radical (unpaired) electrons. The Balaban J connectivity index is 1.25. The lowest BCUT2D eigenvalue weighted by Gasteiger charge is -2.35. The van der Waals surface area contributed by atoms with Gasteiger partial charge in [-0.05, 0) is 43.9 Å². The fourth-order valence-corrected chi connectivity index (χ4v) is 4.28. The lowest BCUT2D eigenvalue weighted by atomic mass is 9.75. The zero-order valence-electron chi connectivity index (χ0n) is 15.7. The number of hydrogen-bond donors (Lipinski definition) is 1. The molecule has 1 aliphatic heterocycles. The van der Waals surface area contributed by atoms with Gasteiger partial charge in [-0.1, -0.05) is 18.2 Å². The number of ether oxygens (including phenoxy) is 1. The molecule has 1 amide bonds. The summed E-state index contributed by atoms with van der Waals surface area (Å²) in [5.74, 6) is 0.0496. The summed E-state index contributed by atoms with van der Waals surface area (Å²) in [5.41, 5.74) is 1.74. The highest BCUT2D eigenvalue weighted by Gasteiger charge is 2.48. The minimum Gasteiger partial charge on any atom is -0.450 e. The molecule has 1 aliphatic carbocycles. The van der Waals surface area contributed by atoms with Crippen LogP contribution in [0.2, 0.25) is 0 Å². The second-order valence-electron chi connectivity index (χ2n) is 7.55. The molecule has 3 aromatic rings. The third-order valence-electron chi connectivity index (χ3n) is 5.85. The number of esters is 1. The summed E-state index contributed by atoms with van der Waals surface area (Å²) in [7, 11) is 0. The van der Waals surface area contributed by atoms with Crippen molar-refractivity contribution in [1.29, 1.82) is 0 Å². The van der Waals surface area contributed by atoms with Crippen molar-refractivity contribution in [2.75, 3.05) is 5.32 Å². The molecule has 146 valence electrons. The molecular weight excluding hydrogens is 368 g/mol. The Hall–Kier alpha value is -3.48. The van der Waals surface area contributed by atoms with Crippen molar-refractivity contribution in [3.05, 3.63) is 72.2 Å². The van der Waals surface area contributed by atoms with Crippen LogP contribution in [0.3, 0.4) is 0 Å². The lowest BCUT2D eigenvalue weighted by molar-refractivity contribution is -0.122. The molecule has 0 saturated heterocycles. The van der Waals surface area contributed by atoms with E-state index in [9.17, 15) is 9.59 Å². The molecule has 0 unspecified atom stereocenters. The van der Waals surface area contributed by atoms with E-state index in [2.05, 4.69) is 15.4 Å². The zero-order valence-corrected chi connectivity index (χ0v) is 15.7. The average molecular weight is 388 g/mol. The Morgan fingerprint density at radius 1 is 1.14 bits per heavy atom. The normalized spacial score (nSPS) is 22.9. The van der Waals surface area contributed by atoms with E-state index < -0.39 is 5.60 Å². The minimum absolute atomic E-state index is 0.0473. The van der Waals surface area contributed by atoms with E-state index in [4.69, 9.17) is 4.74 Å². The van der Waals surface area contributed by atoms with Crippen LogP contribution in [-0.2, 0) is 15.1 Å². The van der Waals surface area contributed by atoms with Crippen LogP contribution in [0, 0.1) is 5.92 Å². The molecular formula is C22H20N4O3. The molecule has 1 saturated carbocycles. The molecule has 2 aliphatic rings. The van der Waals surface area contributed by atoms with Gasteiger partial charge in [-0.25, -0.2) is 9.48 Å². The van der Waals surface area contributed by atoms with E-state index in [1.54, 1.807) is 29.2 Å². The predicted molar refractivity (Wildman–Crippen MR) is 105 cm³/mol. The summed E-state index contributed by atoms with van der Waals surface area (Å²) >= 11 is 0. The number of carbonyl (C=O) groups is 2. The van der Waals surface area contributed by atoms with Gasteiger partial charge in [0.1, 0.15) is 5.60 Å². The van der Waals surface area contributed by atoms with Gasteiger partial charge in [0, 0.05) is 36.1 Å². The van der Waals surface area contributed by atoms with Gasteiger partial charge in [-0.2, -0.15) is 5.10 Å². The molecule has 3 heterocycles. The second-order valence-corrected chi connectivity index (χ2v) is 7.55. The number of hydrogen-bond acceptors (Lipinski definition) is 5.